The molecule has 0 aromatic heterocycles. The SMILES string of the molecule is COC(=O)c1cc(C#CCNC(C)=O)ccc1O. The number of phenolic OH excluding ortho intramolecular Hbond substituents is 1. The molecule has 0 spiro atoms. The first-order chi connectivity index (χ1) is 8.54. The molecule has 1 rings (SSSR count). The Morgan fingerprint density at radius 2 is 2.17 bits per heavy atom. The zero-order valence-corrected chi connectivity index (χ0v) is 10.1. The maximum Gasteiger partial charge on any atom is 0.341 e. The van der Waals surface area contributed by atoms with Gasteiger partial charge in [-0.05, 0) is 18.2 Å². The fourth-order valence-corrected chi connectivity index (χ4v) is 1.20. The van der Waals surface area contributed by atoms with Crippen LogP contribution < -0.4 is 5.32 Å². The van der Waals surface area contributed by atoms with Crippen LogP contribution in [0.3, 0.4) is 0 Å². The summed E-state index contributed by atoms with van der Waals surface area (Å²) in [4.78, 5) is 21.9. The lowest BCUT2D eigenvalue weighted by Gasteiger charge is -2.02. The van der Waals surface area contributed by atoms with Crippen molar-refractivity contribution < 1.29 is 19.4 Å². The van der Waals surface area contributed by atoms with Gasteiger partial charge >= 0.3 is 5.97 Å². The molecule has 0 aliphatic rings. The van der Waals surface area contributed by atoms with Crippen molar-refractivity contribution in [3.63, 3.8) is 0 Å². The van der Waals surface area contributed by atoms with Gasteiger partial charge in [-0.2, -0.15) is 0 Å². The summed E-state index contributed by atoms with van der Waals surface area (Å²) in [5, 5.41) is 12.0. The molecular formula is C13H13NO4. The van der Waals surface area contributed by atoms with Crippen LogP contribution in [0.5, 0.6) is 5.75 Å². The molecule has 0 saturated carbocycles. The average Bonchev–Trinajstić information content (AvgIpc) is 2.35. The van der Waals surface area contributed by atoms with Gasteiger partial charge in [-0.15, -0.1) is 0 Å². The zero-order chi connectivity index (χ0) is 13.5. The van der Waals surface area contributed by atoms with Crippen molar-refractivity contribution in [2.45, 2.75) is 6.92 Å². The predicted molar refractivity (Wildman–Crippen MR) is 65.0 cm³/mol. The maximum atomic E-state index is 11.3. The quantitative estimate of drug-likeness (QED) is 0.595. The number of phenols is 1. The third kappa shape index (κ3) is 3.83. The Hall–Kier alpha value is -2.48. The van der Waals surface area contributed by atoms with Crippen LogP contribution in [0.4, 0.5) is 0 Å². The van der Waals surface area contributed by atoms with Crippen molar-refractivity contribution in [3.8, 4) is 17.6 Å². The van der Waals surface area contributed by atoms with Crippen molar-refractivity contribution in [3.05, 3.63) is 29.3 Å². The van der Waals surface area contributed by atoms with E-state index in [9.17, 15) is 14.7 Å². The number of hydrogen-bond donors (Lipinski definition) is 2. The molecule has 1 amide bonds. The molecule has 0 aliphatic carbocycles. The van der Waals surface area contributed by atoms with Crippen molar-refractivity contribution >= 4 is 11.9 Å². The zero-order valence-electron chi connectivity index (χ0n) is 10.1. The molecule has 18 heavy (non-hydrogen) atoms. The third-order valence-corrected chi connectivity index (χ3v) is 2.06. The largest absolute Gasteiger partial charge is 0.507 e. The molecule has 5 nitrogen and oxygen atoms in total. The first-order valence-corrected chi connectivity index (χ1v) is 5.19. The van der Waals surface area contributed by atoms with Gasteiger partial charge in [0.15, 0.2) is 0 Å². The number of hydrogen-bond acceptors (Lipinski definition) is 4. The number of ether oxygens (including phenoxy) is 1. The average molecular weight is 247 g/mol. The summed E-state index contributed by atoms with van der Waals surface area (Å²) < 4.78 is 4.53. The van der Waals surface area contributed by atoms with Gasteiger partial charge in [0, 0.05) is 12.5 Å². The topological polar surface area (TPSA) is 75.6 Å². The van der Waals surface area contributed by atoms with E-state index in [-0.39, 0.29) is 23.8 Å². The number of rotatable bonds is 2. The van der Waals surface area contributed by atoms with E-state index in [4.69, 9.17) is 0 Å². The summed E-state index contributed by atoms with van der Waals surface area (Å²) in [5.41, 5.74) is 0.613. The molecule has 0 aliphatic heterocycles. The van der Waals surface area contributed by atoms with E-state index in [1.54, 1.807) is 6.07 Å². The van der Waals surface area contributed by atoms with Gasteiger partial charge in [0.1, 0.15) is 11.3 Å². The van der Waals surface area contributed by atoms with Gasteiger partial charge in [0.05, 0.1) is 13.7 Å². The van der Waals surface area contributed by atoms with E-state index in [0.29, 0.717) is 5.56 Å². The van der Waals surface area contributed by atoms with Crippen LogP contribution in [0.15, 0.2) is 18.2 Å². The minimum absolute atomic E-state index is 0.0591. The van der Waals surface area contributed by atoms with Crippen LogP contribution >= 0.6 is 0 Å². The molecular weight excluding hydrogens is 234 g/mol. The van der Waals surface area contributed by atoms with Crippen LogP contribution in [0.1, 0.15) is 22.8 Å². The highest BCUT2D eigenvalue weighted by atomic mass is 16.5. The van der Waals surface area contributed by atoms with E-state index >= 15 is 0 Å². The van der Waals surface area contributed by atoms with Crippen molar-refractivity contribution in [2.24, 2.45) is 0 Å². The van der Waals surface area contributed by atoms with Crippen LogP contribution in [0, 0.1) is 11.8 Å². The van der Waals surface area contributed by atoms with Gasteiger partial charge in [0.25, 0.3) is 0 Å². The molecule has 5 heteroatoms. The number of esters is 1. The lowest BCUT2D eigenvalue weighted by Crippen LogP contribution is -2.19. The van der Waals surface area contributed by atoms with Crippen molar-refractivity contribution in [1.29, 1.82) is 0 Å². The van der Waals surface area contributed by atoms with Gasteiger partial charge in [-0.3, -0.25) is 4.79 Å². The summed E-state index contributed by atoms with van der Waals surface area (Å²) in [6.07, 6.45) is 0. The van der Waals surface area contributed by atoms with E-state index in [2.05, 4.69) is 21.9 Å². The normalized spacial score (nSPS) is 9.00. The second kappa shape index (κ2) is 6.30. The second-order valence-electron chi connectivity index (χ2n) is 3.44. The number of carbonyl (C=O) groups is 2. The Bertz CT molecular complexity index is 526. The van der Waals surface area contributed by atoms with Crippen LogP contribution in [0.25, 0.3) is 0 Å². The number of methoxy groups -OCH3 is 1. The number of nitrogens with one attached hydrogen (secondary N) is 1. The van der Waals surface area contributed by atoms with Gasteiger partial charge < -0.3 is 15.2 Å². The molecule has 0 saturated heterocycles. The first kappa shape index (κ1) is 13.6. The molecule has 1 aromatic carbocycles. The standard InChI is InChI=1S/C13H13NO4/c1-9(15)14-7-3-4-10-5-6-12(16)11(8-10)13(17)18-2/h5-6,8,16H,7H2,1-2H3,(H,14,15). The smallest absolute Gasteiger partial charge is 0.341 e. The minimum atomic E-state index is -0.627. The molecule has 0 bridgehead atoms. The fraction of sp³-hybridized carbons (Fsp3) is 0.231. The van der Waals surface area contributed by atoms with E-state index in [0.717, 1.165) is 0 Å². The Labute approximate surface area is 105 Å². The summed E-state index contributed by atoms with van der Waals surface area (Å²) in [6, 6.07) is 4.37. The van der Waals surface area contributed by atoms with E-state index in [1.165, 1.54) is 26.2 Å². The summed E-state index contributed by atoms with van der Waals surface area (Å²) >= 11 is 0. The van der Waals surface area contributed by atoms with Crippen molar-refractivity contribution in [2.75, 3.05) is 13.7 Å². The molecule has 0 heterocycles. The third-order valence-electron chi connectivity index (χ3n) is 2.06. The van der Waals surface area contributed by atoms with Gasteiger partial charge in [-0.1, -0.05) is 11.8 Å². The Morgan fingerprint density at radius 3 is 2.78 bits per heavy atom. The van der Waals surface area contributed by atoms with Crippen LogP contribution in [-0.4, -0.2) is 30.6 Å². The number of carbonyl (C=O) groups excluding carboxylic acids is 2. The second-order valence-corrected chi connectivity index (χ2v) is 3.44. The Balaban J connectivity index is 2.85. The molecule has 94 valence electrons. The molecule has 0 unspecified atom stereocenters. The lowest BCUT2D eigenvalue weighted by molar-refractivity contribution is -0.118. The Morgan fingerprint density at radius 1 is 1.44 bits per heavy atom. The number of benzene rings is 1. The number of aromatic hydroxyl groups is 1. The Kier molecular flexibility index (Phi) is 4.76. The summed E-state index contributed by atoms with van der Waals surface area (Å²) in [7, 11) is 1.23. The molecule has 0 atom stereocenters. The maximum absolute atomic E-state index is 11.3. The van der Waals surface area contributed by atoms with Gasteiger partial charge in [0.2, 0.25) is 5.91 Å². The highest BCUT2D eigenvalue weighted by molar-refractivity contribution is 5.92. The van der Waals surface area contributed by atoms with Crippen LogP contribution in [0.2, 0.25) is 0 Å². The lowest BCUT2D eigenvalue weighted by atomic mass is 10.1. The number of amides is 1. The molecule has 0 fully saturated rings. The van der Waals surface area contributed by atoms with Gasteiger partial charge in [-0.25, -0.2) is 4.79 Å². The van der Waals surface area contributed by atoms with E-state index < -0.39 is 5.97 Å². The molecule has 0 radical (unpaired) electrons. The van der Waals surface area contributed by atoms with Crippen molar-refractivity contribution in [1.82, 2.24) is 5.32 Å². The first-order valence-electron chi connectivity index (χ1n) is 5.19. The highest BCUT2D eigenvalue weighted by Gasteiger charge is 2.11. The van der Waals surface area contributed by atoms with E-state index in [1.807, 2.05) is 0 Å². The summed E-state index contributed by atoms with van der Waals surface area (Å²) in [5.74, 6) is 4.54. The highest BCUT2D eigenvalue weighted by Crippen LogP contribution is 2.18. The summed E-state index contributed by atoms with van der Waals surface area (Å²) in [6.45, 7) is 1.63. The molecule has 2 N–H and O–H groups in total. The fourth-order valence-electron chi connectivity index (χ4n) is 1.20. The molecule has 1 aromatic rings. The predicted octanol–water partition coefficient (Wildman–Crippen LogP) is 0.666. The minimum Gasteiger partial charge on any atom is -0.507 e. The monoisotopic (exact) mass is 247 g/mol. The van der Waals surface area contributed by atoms with Crippen LogP contribution in [-0.2, 0) is 9.53 Å².